The standard InChI is InChI=1S/C16H17N3O4S/c1-10(13-7-8-14(24-13)16(21)22)18-19-15(20)9-17-11-3-5-12(23-2)6-4-11/h3-8,17H,9H2,1-2H3,(H,19,20)(H,21,22)/p-1/b18-10-. The number of ether oxygens (including phenoxy) is 1. The summed E-state index contributed by atoms with van der Waals surface area (Å²) in [6, 6.07) is 10.2. The highest BCUT2D eigenvalue weighted by Crippen LogP contribution is 2.16. The molecule has 1 aromatic carbocycles. The van der Waals surface area contributed by atoms with Crippen LogP contribution in [-0.4, -0.2) is 31.2 Å². The monoisotopic (exact) mass is 346 g/mol. The van der Waals surface area contributed by atoms with E-state index in [0.29, 0.717) is 10.6 Å². The van der Waals surface area contributed by atoms with Crippen LogP contribution < -0.4 is 20.6 Å². The summed E-state index contributed by atoms with van der Waals surface area (Å²) in [5, 5.41) is 17.7. The minimum absolute atomic E-state index is 0.0534. The van der Waals surface area contributed by atoms with Gasteiger partial charge in [0.1, 0.15) is 5.75 Å². The van der Waals surface area contributed by atoms with Crippen LogP contribution in [0.15, 0.2) is 41.5 Å². The van der Waals surface area contributed by atoms with Gasteiger partial charge in [0.15, 0.2) is 0 Å². The van der Waals surface area contributed by atoms with Gasteiger partial charge in [-0.3, -0.25) is 4.79 Å². The molecule has 0 fully saturated rings. The summed E-state index contributed by atoms with van der Waals surface area (Å²) in [5.74, 6) is -0.814. The molecule has 1 aromatic heterocycles. The van der Waals surface area contributed by atoms with Gasteiger partial charge in [-0.15, -0.1) is 11.3 Å². The zero-order valence-electron chi connectivity index (χ0n) is 13.2. The molecule has 0 aliphatic heterocycles. The zero-order chi connectivity index (χ0) is 17.5. The van der Waals surface area contributed by atoms with Crippen molar-refractivity contribution in [3.05, 3.63) is 46.2 Å². The Morgan fingerprint density at radius 2 is 1.83 bits per heavy atom. The van der Waals surface area contributed by atoms with Crippen molar-refractivity contribution in [2.75, 3.05) is 19.0 Å². The Kier molecular flexibility index (Phi) is 5.91. The first-order chi connectivity index (χ1) is 11.5. The van der Waals surface area contributed by atoms with E-state index in [2.05, 4.69) is 15.8 Å². The van der Waals surface area contributed by atoms with E-state index >= 15 is 0 Å². The molecule has 0 saturated carbocycles. The Balaban J connectivity index is 1.85. The van der Waals surface area contributed by atoms with Crippen molar-refractivity contribution in [2.45, 2.75) is 6.92 Å². The molecule has 2 rings (SSSR count). The summed E-state index contributed by atoms with van der Waals surface area (Å²) in [6.45, 7) is 1.74. The number of hydrazone groups is 1. The summed E-state index contributed by atoms with van der Waals surface area (Å²) in [6.07, 6.45) is 0. The van der Waals surface area contributed by atoms with Crippen LogP contribution in [0.3, 0.4) is 0 Å². The van der Waals surface area contributed by atoms with Crippen LogP contribution in [0.1, 0.15) is 21.5 Å². The van der Waals surface area contributed by atoms with E-state index < -0.39 is 5.97 Å². The van der Waals surface area contributed by atoms with Crippen LogP contribution >= 0.6 is 11.3 Å². The quantitative estimate of drug-likeness (QED) is 0.577. The number of anilines is 1. The molecule has 126 valence electrons. The minimum Gasteiger partial charge on any atom is -0.544 e. The smallest absolute Gasteiger partial charge is 0.259 e. The second kappa shape index (κ2) is 8.11. The van der Waals surface area contributed by atoms with Gasteiger partial charge in [0, 0.05) is 5.69 Å². The van der Waals surface area contributed by atoms with Gasteiger partial charge in [0.2, 0.25) is 0 Å². The molecule has 0 unspecified atom stereocenters. The minimum atomic E-state index is -1.23. The first-order valence-electron chi connectivity index (χ1n) is 7.02. The van der Waals surface area contributed by atoms with Crippen molar-refractivity contribution >= 4 is 34.6 Å². The Morgan fingerprint density at radius 3 is 2.42 bits per heavy atom. The Morgan fingerprint density at radius 1 is 1.17 bits per heavy atom. The van der Waals surface area contributed by atoms with Crippen LogP contribution in [0.2, 0.25) is 0 Å². The van der Waals surface area contributed by atoms with Gasteiger partial charge in [0.05, 0.1) is 35.1 Å². The summed E-state index contributed by atoms with van der Waals surface area (Å²) in [7, 11) is 1.58. The Bertz CT molecular complexity index is 753. The highest BCUT2D eigenvalue weighted by molar-refractivity contribution is 7.15. The third-order valence-corrected chi connectivity index (χ3v) is 4.23. The molecule has 0 radical (unpaired) electrons. The number of carbonyl (C=O) groups is 2. The fourth-order valence-corrected chi connectivity index (χ4v) is 2.56. The van der Waals surface area contributed by atoms with Crippen LogP contribution in [0.25, 0.3) is 0 Å². The number of hydrogen-bond donors (Lipinski definition) is 2. The third kappa shape index (κ3) is 4.82. The van der Waals surface area contributed by atoms with Gasteiger partial charge in [0.25, 0.3) is 5.91 Å². The lowest BCUT2D eigenvalue weighted by Crippen LogP contribution is -2.26. The van der Waals surface area contributed by atoms with E-state index in [1.165, 1.54) is 6.07 Å². The predicted molar refractivity (Wildman–Crippen MR) is 90.5 cm³/mol. The van der Waals surface area contributed by atoms with Crippen molar-refractivity contribution in [3.63, 3.8) is 0 Å². The number of nitrogens with zero attached hydrogens (tertiary/aromatic N) is 1. The summed E-state index contributed by atoms with van der Waals surface area (Å²) >= 11 is 1.04. The van der Waals surface area contributed by atoms with Gasteiger partial charge in [-0.25, -0.2) is 5.43 Å². The third-order valence-electron chi connectivity index (χ3n) is 3.06. The fourth-order valence-electron chi connectivity index (χ4n) is 1.77. The van der Waals surface area contributed by atoms with Crippen LogP contribution in [-0.2, 0) is 4.79 Å². The molecule has 1 amide bonds. The van der Waals surface area contributed by atoms with E-state index in [1.807, 2.05) is 0 Å². The summed E-state index contributed by atoms with van der Waals surface area (Å²) in [4.78, 5) is 23.3. The largest absolute Gasteiger partial charge is 0.544 e. The van der Waals surface area contributed by atoms with E-state index in [0.717, 1.165) is 22.8 Å². The summed E-state index contributed by atoms with van der Waals surface area (Å²) in [5.41, 5.74) is 3.72. The normalized spacial score (nSPS) is 11.0. The molecule has 0 atom stereocenters. The van der Waals surface area contributed by atoms with Crippen LogP contribution in [0, 0.1) is 0 Å². The fraction of sp³-hybridized carbons (Fsp3) is 0.188. The molecule has 1 heterocycles. The first kappa shape index (κ1) is 17.5. The number of thiophene rings is 1. The highest BCUT2D eigenvalue weighted by atomic mass is 32.1. The van der Waals surface area contributed by atoms with Crippen LogP contribution in [0.4, 0.5) is 5.69 Å². The number of hydrogen-bond acceptors (Lipinski definition) is 7. The van der Waals surface area contributed by atoms with Crippen molar-refractivity contribution in [1.82, 2.24) is 5.43 Å². The second-order valence-corrected chi connectivity index (χ2v) is 5.85. The lowest BCUT2D eigenvalue weighted by molar-refractivity contribution is -0.254. The first-order valence-corrected chi connectivity index (χ1v) is 7.84. The Labute approximate surface area is 143 Å². The van der Waals surface area contributed by atoms with Crippen molar-refractivity contribution < 1.29 is 19.4 Å². The maximum atomic E-state index is 11.8. The van der Waals surface area contributed by atoms with Gasteiger partial charge in [-0.1, -0.05) is 0 Å². The van der Waals surface area contributed by atoms with Crippen molar-refractivity contribution in [3.8, 4) is 5.75 Å². The molecular formula is C16H16N3O4S-. The zero-order valence-corrected chi connectivity index (χ0v) is 14.0. The highest BCUT2D eigenvalue weighted by Gasteiger charge is 2.05. The molecule has 2 N–H and O–H groups in total. The number of rotatable bonds is 7. The van der Waals surface area contributed by atoms with Gasteiger partial charge >= 0.3 is 0 Å². The number of aromatic carboxylic acids is 1. The van der Waals surface area contributed by atoms with Gasteiger partial charge < -0.3 is 20.0 Å². The summed E-state index contributed by atoms with van der Waals surface area (Å²) < 4.78 is 5.05. The van der Waals surface area contributed by atoms with E-state index in [1.54, 1.807) is 44.4 Å². The average molecular weight is 346 g/mol. The van der Waals surface area contributed by atoms with Gasteiger partial charge in [-0.05, 0) is 43.3 Å². The maximum absolute atomic E-state index is 11.8. The number of methoxy groups -OCH3 is 1. The maximum Gasteiger partial charge on any atom is 0.259 e. The lowest BCUT2D eigenvalue weighted by atomic mass is 10.3. The number of nitrogens with one attached hydrogen (secondary N) is 2. The van der Waals surface area contributed by atoms with Crippen LogP contribution in [0.5, 0.6) is 5.75 Å². The predicted octanol–water partition coefficient (Wildman–Crippen LogP) is 1.07. The topological polar surface area (TPSA) is 103 Å². The molecule has 0 aliphatic rings. The van der Waals surface area contributed by atoms with E-state index in [-0.39, 0.29) is 17.3 Å². The number of benzene rings is 1. The number of carboxylic acid groups (broad SMARTS) is 1. The van der Waals surface area contributed by atoms with E-state index in [9.17, 15) is 14.7 Å². The number of carbonyl (C=O) groups excluding carboxylic acids is 2. The Hall–Kier alpha value is -2.87. The lowest BCUT2D eigenvalue weighted by Gasteiger charge is -2.06. The molecule has 0 aliphatic carbocycles. The number of carboxylic acids is 1. The average Bonchev–Trinajstić information content (AvgIpc) is 3.08. The number of amides is 1. The molecule has 24 heavy (non-hydrogen) atoms. The van der Waals surface area contributed by atoms with E-state index in [4.69, 9.17) is 4.74 Å². The van der Waals surface area contributed by atoms with Crippen molar-refractivity contribution in [1.29, 1.82) is 0 Å². The molecule has 2 aromatic rings. The SMILES string of the molecule is COc1ccc(NCC(=O)N/N=C(/C)c2ccc(C(=O)[O-])s2)cc1. The molecule has 0 saturated heterocycles. The molecule has 0 bridgehead atoms. The molecular weight excluding hydrogens is 330 g/mol. The molecule has 7 nitrogen and oxygen atoms in total. The van der Waals surface area contributed by atoms with Crippen molar-refractivity contribution in [2.24, 2.45) is 5.10 Å². The second-order valence-electron chi connectivity index (χ2n) is 4.77. The molecule has 0 spiro atoms. The molecule has 8 heteroatoms. The van der Waals surface area contributed by atoms with Gasteiger partial charge in [-0.2, -0.15) is 5.10 Å².